The Morgan fingerprint density at radius 2 is 1.49 bits per heavy atom. The molecule has 6 aromatic rings. The number of rotatable bonds is 2. The molecule has 0 bridgehead atoms. The van der Waals surface area contributed by atoms with Gasteiger partial charge in [0.15, 0.2) is 0 Å². The maximum absolute atomic E-state index is 10.9. The molecule has 0 amide bonds. The smallest absolute Gasteiger partial charge is 0.141 e. The molecule has 0 spiro atoms. The van der Waals surface area contributed by atoms with Gasteiger partial charge in [-0.2, -0.15) is 0 Å². The van der Waals surface area contributed by atoms with Gasteiger partial charge < -0.3 is 5.11 Å². The number of aromatic hydroxyl groups is 1. The van der Waals surface area contributed by atoms with E-state index in [1.54, 1.807) is 6.07 Å². The molecule has 45 heavy (non-hydrogen) atoms. The zero-order valence-electron chi connectivity index (χ0n) is 26.3. The lowest BCUT2D eigenvalue weighted by Crippen LogP contribution is -2.31. The van der Waals surface area contributed by atoms with Crippen LogP contribution in [0.2, 0.25) is 0 Å². The number of nitrogens with zero attached hydrogens (tertiary/aromatic N) is 3. The topological polar surface area (TPSA) is 49.2 Å². The van der Waals surface area contributed by atoms with E-state index in [1.807, 2.05) is 54.7 Å². The lowest BCUT2D eigenvalue weighted by atomic mass is 9.73. The lowest BCUT2D eigenvalue weighted by molar-refractivity contribution is 0.480. The first-order valence-electron chi connectivity index (χ1n) is 15.3. The number of para-hydroxylation sites is 2. The Morgan fingerprint density at radius 1 is 0.733 bits per heavy atom. The molecule has 0 saturated heterocycles. The fraction of sp³-hybridized carbons (Fsp3) is 0.171. The molecule has 0 saturated carbocycles. The van der Waals surface area contributed by atoms with Gasteiger partial charge in [0, 0.05) is 33.7 Å². The fourth-order valence-electron chi connectivity index (χ4n) is 6.28. The Hall–Kier alpha value is -5.40. The van der Waals surface area contributed by atoms with Gasteiger partial charge >= 0.3 is 0 Å². The number of aromatic nitrogens is 2. The van der Waals surface area contributed by atoms with Crippen molar-refractivity contribution in [2.45, 2.75) is 45.4 Å². The second kappa shape index (κ2) is 10.6. The van der Waals surface area contributed by atoms with Crippen molar-refractivity contribution in [3.63, 3.8) is 0 Å². The van der Waals surface area contributed by atoms with Crippen LogP contribution in [0.5, 0.6) is 5.75 Å². The van der Waals surface area contributed by atoms with Gasteiger partial charge in [-0.05, 0) is 70.6 Å². The molecule has 0 radical (unpaired) electrons. The molecule has 3 heterocycles. The van der Waals surface area contributed by atoms with Crippen molar-refractivity contribution in [3.05, 3.63) is 143 Å². The summed E-state index contributed by atoms with van der Waals surface area (Å²) in [5.74, 6) is 7.67. The Bertz CT molecular complexity index is 2150. The van der Waals surface area contributed by atoms with Crippen LogP contribution in [0.1, 0.15) is 62.4 Å². The van der Waals surface area contributed by atoms with Crippen LogP contribution in [0, 0.1) is 11.8 Å². The van der Waals surface area contributed by atoms with Crippen molar-refractivity contribution in [3.8, 4) is 28.8 Å². The molecule has 0 fully saturated rings. The molecule has 7 rings (SSSR count). The van der Waals surface area contributed by atoms with E-state index >= 15 is 0 Å². The van der Waals surface area contributed by atoms with Gasteiger partial charge in [-0.3, -0.25) is 4.90 Å². The first kappa shape index (κ1) is 28.4. The van der Waals surface area contributed by atoms with Crippen LogP contribution in [-0.2, 0) is 10.8 Å². The Balaban J connectivity index is 1.45. The normalized spacial score (nSPS) is 13.5. The van der Waals surface area contributed by atoms with Crippen molar-refractivity contribution in [2.24, 2.45) is 0 Å². The summed E-state index contributed by atoms with van der Waals surface area (Å²) >= 11 is 0. The number of fused-ring (bicyclic) bond motifs is 3. The number of phenols is 1. The van der Waals surface area contributed by atoms with E-state index in [4.69, 9.17) is 9.97 Å². The maximum atomic E-state index is 10.9. The predicted molar refractivity (Wildman–Crippen MR) is 185 cm³/mol. The van der Waals surface area contributed by atoms with E-state index in [2.05, 4.69) is 106 Å². The second-order valence-corrected chi connectivity index (χ2v) is 13.2. The van der Waals surface area contributed by atoms with Crippen LogP contribution >= 0.6 is 0 Å². The standard InChI is InChI=1S/C41H35N3O/c1-40(2,3)30-22-23-42-38(26-30)44-35-16-10-9-15-32(35)41(4,5)33-21-20-29(25-36(33)44)34-24-28(19-18-27-12-7-6-8-13-27)31-14-11-17-37(45)39(31)43-34/h6-17,20-26,45H,1-5H3. The zero-order valence-corrected chi connectivity index (χ0v) is 26.3. The van der Waals surface area contributed by atoms with Gasteiger partial charge in [0.2, 0.25) is 0 Å². The van der Waals surface area contributed by atoms with Gasteiger partial charge in [-0.15, -0.1) is 0 Å². The third kappa shape index (κ3) is 5.01. The SMILES string of the molecule is CC(C)(C)c1ccnc(N2c3ccccc3C(C)(C)c3ccc(-c4cc(C#Cc5ccccc5)c5cccc(O)c5n4)cc32)c1. The van der Waals surface area contributed by atoms with Crippen molar-refractivity contribution in [2.75, 3.05) is 4.90 Å². The summed E-state index contributed by atoms with van der Waals surface area (Å²) in [4.78, 5) is 12.2. The van der Waals surface area contributed by atoms with Crippen LogP contribution < -0.4 is 4.90 Å². The van der Waals surface area contributed by atoms with Crippen molar-refractivity contribution in [1.82, 2.24) is 9.97 Å². The average Bonchev–Trinajstić information content (AvgIpc) is 3.04. The van der Waals surface area contributed by atoms with E-state index < -0.39 is 0 Å². The maximum Gasteiger partial charge on any atom is 0.141 e. The Labute approximate surface area is 265 Å². The summed E-state index contributed by atoms with van der Waals surface area (Å²) in [6.45, 7) is 11.2. The van der Waals surface area contributed by atoms with E-state index in [0.717, 1.165) is 45.0 Å². The predicted octanol–water partition coefficient (Wildman–Crippen LogP) is 9.81. The lowest BCUT2D eigenvalue weighted by Gasteiger charge is -2.42. The highest BCUT2D eigenvalue weighted by molar-refractivity contribution is 5.93. The molecule has 4 nitrogen and oxygen atoms in total. The van der Waals surface area contributed by atoms with Crippen molar-refractivity contribution >= 4 is 28.1 Å². The van der Waals surface area contributed by atoms with Gasteiger partial charge in [0.25, 0.3) is 0 Å². The highest BCUT2D eigenvalue weighted by Gasteiger charge is 2.37. The molecule has 1 aliphatic rings. The molecule has 0 aliphatic carbocycles. The molecule has 220 valence electrons. The zero-order chi connectivity index (χ0) is 31.3. The van der Waals surface area contributed by atoms with Crippen LogP contribution in [-0.4, -0.2) is 15.1 Å². The minimum Gasteiger partial charge on any atom is -0.506 e. The molecular formula is C41H35N3O. The number of phenolic OH excluding ortho intramolecular Hbond substituents is 1. The van der Waals surface area contributed by atoms with Gasteiger partial charge in [-0.1, -0.05) is 107 Å². The fourth-order valence-corrected chi connectivity index (χ4v) is 6.28. The van der Waals surface area contributed by atoms with Crippen LogP contribution in [0.25, 0.3) is 22.2 Å². The van der Waals surface area contributed by atoms with Crippen molar-refractivity contribution < 1.29 is 5.11 Å². The first-order valence-corrected chi connectivity index (χ1v) is 15.3. The number of anilines is 3. The Kier molecular flexibility index (Phi) is 6.71. The van der Waals surface area contributed by atoms with E-state index in [9.17, 15) is 5.11 Å². The Morgan fingerprint density at radius 3 is 2.29 bits per heavy atom. The van der Waals surface area contributed by atoms with Crippen LogP contribution in [0.4, 0.5) is 17.2 Å². The van der Waals surface area contributed by atoms with Gasteiger partial charge in [0.05, 0.1) is 17.1 Å². The largest absolute Gasteiger partial charge is 0.506 e. The minimum atomic E-state index is -0.232. The van der Waals surface area contributed by atoms with Crippen LogP contribution in [0.3, 0.4) is 0 Å². The first-order chi connectivity index (χ1) is 21.6. The van der Waals surface area contributed by atoms with E-state index in [-0.39, 0.29) is 16.6 Å². The minimum absolute atomic E-state index is 0.0227. The average molecular weight is 586 g/mol. The molecule has 1 N–H and O–H groups in total. The van der Waals surface area contributed by atoms with E-state index in [1.165, 1.54) is 16.7 Å². The summed E-state index contributed by atoms with van der Waals surface area (Å²) in [7, 11) is 0. The third-order valence-corrected chi connectivity index (χ3v) is 8.80. The molecule has 2 aromatic heterocycles. The number of hydrogen-bond donors (Lipinski definition) is 1. The molecule has 0 unspecified atom stereocenters. The molecule has 1 aliphatic heterocycles. The molecule has 0 atom stereocenters. The van der Waals surface area contributed by atoms with Crippen LogP contribution in [0.15, 0.2) is 115 Å². The quantitative estimate of drug-likeness (QED) is 0.206. The number of hydrogen-bond acceptors (Lipinski definition) is 4. The third-order valence-electron chi connectivity index (χ3n) is 8.80. The molecule has 4 aromatic carbocycles. The molecule has 4 heteroatoms. The summed E-state index contributed by atoms with van der Waals surface area (Å²) in [6, 6.07) is 36.9. The summed E-state index contributed by atoms with van der Waals surface area (Å²) in [6.07, 6.45) is 1.91. The van der Waals surface area contributed by atoms with Crippen molar-refractivity contribution in [1.29, 1.82) is 0 Å². The number of benzene rings is 4. The summed E-state index contributed by atoms with van der Waals surface area (Å²) in [5, 5.41) is 11.7. The highest BCUT2D eigenvalue weighted by Crippen LogP contribution is 2.52. The monoisotopic (exact) mass is 585 g/mol. The summed E-state index contributed by atoms with van der Waals surface area (Å²) in [5.41, 5.74) is 9.57. The van der Waals surface area contributed by atoms with E-state index in [0.29, 0.717) is 5.52 Å². The molecular weight excluding hydrogens is 550 g/mol. The van der Waals surface area contributed by atoms with Gasteiger partial charge in [0.1, 0.15) is 17.1 Å². The highest BCUT2D eigenvalue weighted by atomic mass is 16.3. The summed E-state index contributed by atoms with van der Waals surface area (Å²) < 4.78 is 0. The van der Waals surface area contributed by atoms with Gasteiger partial charge in [-0.25, -0.2) is 9.97 Å². The second-order valence-electron chi connectivity index (χ2n) is 13.2. The number of pyridine rings is 2.